The van der Waals surface area contributed by atoms with E-state index in [1.54, 1.807) is 23.1 Å². The number of hydrogen-bond donors (Lipinski definition) is 0. The number of benzene rings is 1. The molecule has 1 aromatic carbocycles. The third-order valence-corrected chi connectivity index (χ3v) is 4.51. The van der Waals surface area contributed by atoms with Crippen LogP contribution in [0, 0.1) is 5.21 Å². The van der Waals surface area contributed by atoms with E-state index in [9.17, 15) is 10.0 Å². The van der Waals surface area contributed by atoms with Crippen molar-refractivity contribution < 1.29 is 19.0 Å². The first-order valence-electron chi connectivity index (χ1n) is 8.13. The lowest BCUT2D eigenvalue weighted by Gasteiger charge is -2.28. The lowest BCUT2D eigenvalue weighted by molar-refractivity contribution is -0.608. The van der Waals surface area contributed by atoms with Crippen molar-refractivity contribution in [1.29, 1.82) is 0 Å². The maximum absolute atomic E-state index is 12.9. The predicted octanol–water partition coefficient (Wildman–Crippen LogP) is 2.07. The first-order chi connectivity index (χ1) is 11.8. The van der Waals surface area contributed by atoms with Gasteiger partial charge in [-0.1, -0.05) is 12.1 Å². The number of aromatic nitrogens is 1. The Morgan fingerprint density at radius 1 is 1.17 bits per heavy atom. The van der Waals surface area contributed by atoms with Crippen LogP contribution in [0.25, 0.3) is 0 Å². The molecule has 1 atom stereocenters. The van der Waals surface area contributed by atoms with Crippen molar-refractivity contribution in [2.75, 3.05) is 19.8 Å². The Labute approximate surface area is 139 Å². The van der Waals surface area contributed by atoms with Gasteiger partial charge in [0, 0.05) is 24.2 Å². The lowest BCUT2D eigenvalue weighted by Crippen LogP contribution is -2.41. The molecule has 2 aliphatic heterocycles. The fraction of sp³-hybridized carbons (Fsp3) is 0.333. The maximum atomic E-state index is 12.9. The Morgan fingerprint density at radius 2 is 2.04 bits per heavy atom. The number of pyridine rings is 1. The van der Waals surface area contributed by atoms with Crippen LogP contribution in [0.3, 0.4) is 0 Å². The minimum Gasteiger partial charge on any atom is -0.618 e. The summed E-state index contributed by atoms with van der Waals surface area (Å²) >= 11 is 0. The third-order valence-electron chi connectivity index (χ3n) is 4.51. The molecule has 4 rings (SSSR count). The van der Waals surface area contributed by atoms with Crippen LogP contribution >= 0.6 is 0 Å². The van der Waals surface area contributed by atoms with Gasteiger partial charge in [0.2, 0.25) is 0 Å². The van der Waals surface area contributed by atoms with Crippen LogP contribution in [0.15, 0.2) is 42.6 Å². The molecule has 6 heteroatoms. The van der Waals surface area contributed by atoms with Gasteiger partial charge in [0.05, 0.1) is 6.04 Å². The van der Waals surface area contributed by atoms with Crippen molar-refractivity contribution >= 4 is 5.91 Å². The Balaban J connectivity index is 1.69. The second kappa shape index (κ2) is 6.03. The van der Waals surface area contributed by atoms with Crippen molar-refractivity contribution in [2.24, 2.45) is 0 Å². The van der Waals surface area contributed by atoms with Gasteiger partial charge in [-0.2, -0.15) is 4.73 Å². The minimum atomic E-state index is -0.248. The molecule has 0 aliphatic carbocycles. The van der Waals surface area contributed by atoms with Gasteiger partial charge in [-0.25, -0.2) is 0 Å². The lowest BCUT2D eigenvalue weighted by atomic mass is 10.0. The van der Waals surface area contributed by atoms with Gasteiger partial charge in [-0.3, -0.25) is 4.79 Å². The predicted molar refractivity (Wildman–Crippen MR) is 85.8 cm³/mol. The molecule has 6 nitrogen and oxygen atoms in total. The van der Waals surface area contributed by atoms with E-state index in [1.807, 2.05) is 18.2 Å². The van der Waals surface area contributed by atoms with Crippen LogP contribution < -0.4 is 14.2 Å². The van der Waals surface area contributed by atoms with E-state index in [1.165, 1.54) is 6.20 Å². The van der Waals surface area contributed by atoms with E-state index in [2.05, 4.69) is 0 Å². The molecule has 0 radical (unpaired) electrons. The quantitative estimate of drug-likeness (QED) is 0.626. The molecule has 124 valence electrons. The van der Waals surface area contributed by atoms with E-state index in [0.29, 0.717) is 24.5 Å². The molecule has 0 spiro atoms. The molecule has 3 heterocycles. The molecular formula is C18H18N2O4. The molecular weight excluding hydrogens is 308 g/mol. The second-order valence-electron chi connectivity index (χ2n) is 5.94. The van der Waals surface area contributed by atoms with E-state index in [4.69, 9.17) is 9.47 Å². The number of ether oxygens (including phenoxy) is 2. The topological polar surface area (TPSA) is 65.7 Å². The van der Waals surface area contributed by atoms with Crippen molar-refractivity contribution in [2.45, 2.75) is 18.9 Å². The highest BCUT2D eigenvalue weighted by Crippen LogP contribution is 2.43. The Bertz CT molecular complexity index is 777. The van der Waals surface area contributed by atoms with Crippen LogP contribution in [-0.2, 0) is 0 Å². The molecule has 1 fully saturated rings. The fourth-order valence-electron chi connectivity index (χ4n) is 3.43. The number of nitrogens with zero attached hydrogens (tertiary/aromatic N) is 2. The molecule has 24 heavy (non-hydrogen) atoms. The number of hydrogen-bond acceptors (Lipinski definition) is 4. The minimum absolute atomic E-state index is 0.102. The average molecular weight is 326 g/mol. The molecule has 1 amide bonds. The summed E-state index contributed by atoms with van der Waals surface area (Å²) < 4.78 is 12.1. The van der Waals surface area contributed by atoms with Crippen LogP contribution in [0.2, 0.25) is 0 Å². The highest BCUT2D eigenvalue weighted by molar-refractivity contribution is 5.91. The summed E-state index contributed by atoms with van der Waals surface area (Å²) in [5, 5.41) is 11.9. The Morgan fingerprint density at radius 3 is 2.92 bits per heavy atom. The molecule has 0 N–H and O–H groups in total. The molecule has 1 saturated heterocycles. The number of carbonyl (C=O) groups is 1. The highest BCUT2D eigenvalue weighted by atomic mass is 16.6. The van der Waals surface area contributed by atoms with Gasteiger partial charge in [0.1, 0.15) is 13.2 Å². The Kier molecular flexibility index (Phi) is 3.72. The average Bonchev–Trinajstić information content (AvgIpc) is 3.10. The molecule has 2 aromatic rings. The van der Waals surface area contributed by atoms with Gasteiger partial charge >= 0.3 is 5.91 Å². The van der Waals surface area contributed by atoms with Gasteiger partial charge in [0.25, 0.3) is 5.69 Å². The van der Waals surface area contributed by atoms with Crippen molar-refractivity contribution in [1.82, 2.24) is 4.90 Å². The van der Waals surface area contributed by atoms with Crippen molar-refractivity contribution in [3.05, 3.63) is 59.1 Å². The number of amides is 1. The normalized spacial score (nSPS) is 19.3. The number of carbonyl (C=O) groups excluding carboxylic acids is 1. The zero-order valence-corrected chi connectivity index (χ0v) is 13.2. The smallest absolute Gasteiger partial charge is 0.320 e. The standard InChI is InChI=1S/C18H18N2O4/c21-18(15-6-1-2-10-20(15)22)19-9-4-7-14(19)13-5-3-8-16-17(13)24-12-11-23-16/h1-3,5-6,8,10,14H,4,7,9,11-12H2/t14-/m0/s1. The van der Waals surface area contributed by atoms with E-state index < -0.39 is 0 Å². The van der Waals surface area contributed by atoms with Crippen LogP contribution in [0.4, 0.5) is 0 Å². The van der Waals surface area contributed by atoms with Crippen LogP contribution in [0.1, 0.15) is 34.9 Å². The van der Waals surface area contributed by atoms with Gasteiger partial charge in [-0.15, -0.1) is 0 Å². The molecule has 0 bridgehead atoms. The summed E-state index contributed by atoms with van der Waals surface area (Å²) in [6, 6.07) is 10.5. The summed E-state index contributed by atoms with van der Waals surface area (Å²) in [5.74, 6) is 1.19. The zero-order valence-electron chi connectivity index (χ0n) is 13.2. The number of fused-ring (bicyclic) bond motifs is 1. The first kappa shape index (κ1) is 14.8. The van der Waals surface area contributed by atoms with Gasteiger partial charge in [0.15, 0.2) is 17.7 Å². The summed E-state index contributed by atoms with van der Waals surface area (Å²) in [6.45, 7) is 1.66. The van der Waals surface area contributed by atoms with E-state index >= 15 is 0 Å². The zero-order chi connectivity index (χ0) is 16.5. The Hall–Kier alpha value is -2.76. The number of para-hydroxylation sites is 1. The largest absolute Gasteiger partial charge is 0.618 e. The summed E-state index contributed by atoms with van der Waals surface area (Å²) in [6.07, 6.45) is 3.09. The monoisotopic (exact) mass is 326 g/mol. The number of rotatable bonds is 2. The summed E-state index contributed by atoms with van der Waals surface area (Å²) in [4.78, 5) is 14.6. The maximum Gasteiger partial charge on any atom is 0.320 e. The fourth-order valence-corrected chi connectivity index (χ4v) is 3.43. The first-order valence-corrected chi connectivity index (χ1v) is 8.13. The van der Waals surface area contributed by atoms with Gasteiger partial charge in [-0.05, 0) is 25.0 Å². The molecule has 1 aromatic heterocycles. The van der Waals surface area contributed by atoms with Crippen LogP contribution in [-0.4, -0.2) is 30.6 Å². The van der Waals surface area contributed by atoms with E-state index in [0.717, 1.165) is 29.9 Å². The summed E-state index contributed by atoms with van der Waals surface area (Å²) in [7, 11) is 0. The van der Waals surface area contributed by atoms with Crippen LogP contribution in [0.5, 0.6) is 11.5 Å². The summed E-state index contributed by atoms with van der Waals surface area (Å²) in [5.41, 5.74) is 1.10. The van der Waals surface area contributed by atoms with Crippen molar-refractivity contribution in [3.8, 4) is 11.5 Å². The van der Waals surface area contributed by atoms with E-state index in [-0.39, 0.29) is 17.6 Å². The molecule has 2 aliphatic rings. The molecule has 0 unspecified atom stereocenters. The van der Waals surface area contributed by atoms with Gasteiger partial charge < -0.3 is 19.6 Å². The molecule has 0 saturated carbocycles. The highest BCUT2D eigenvalue weighted by Gasteiger charge is 2.36. The van der Waals surface area contributed by atoms with Crippen molar-refractivity contribution in [3.63, 3.8) is 0 Å². The second-order valence-corrected chi connectivity index (χ2v) is 5.94. The third kappa shape index (κ3) is 2.44. The number of likely N-dealkylation sites (tertiary alicyclic amines) is 1. The SMILES string of the molecule is O=C(c1cccc[n+]1[O-])N1CCC[C@H]1c1cccc2c1OCCO2.